The molecular weight excluding hydrogens is 282 g/mol. The minimum absolute atomic E-state index is 0.222. The molecule has 0 saturated carbocycles. The number of benzene rings is 1. The fraction of sp³-hybridized carbons (Fsp3) is 0.353. The molecule has 1 aromatic heterocycles. The predicted molar refractivity (Wildman–Crippen MR) is 81.2 cm³/mol. The van der Waals surface area contributed by atoms with Crippen molar-refractivity contribution in [2.75, 3.05) is 6.61 Å². The van der Waals surface area contributed by atoms with Crippen molar-refractivity contribution in [3.8, 4) is 0 Å². The molecule has 0 amide bonds. The van der Waals surface area contributed by atoms with Gasteiger partial charge >= 0.3 is 5.97 Å². The normalized spacial score (nSPS) is 10.6. The van der Waals surface area contributed by atoms with Crippen LogP contribution in [0.1, 0.15) is 48.9 Å². The average Bonchev–Trinajstić information content (AvgIpc) is 2.79. The molecule has 2 aromatic rings. The van der Waals surface area contributed by atoms with Gasteiger partial charge in [0.1, 0.15) is 11.3 Å². The van der Waals surface area contributed by atoms with Crippen LogP contribution in [0.2, 0.25) is 0 Å². The largest absolute Gasteiger partial charge is 0.454 e. The lowest BCUT2D eigenvalue weighted by molar-refractivity contribution is 0.0472. The summed E-state index contributed by atoms with van der Waals surface area (Å²) in [6.45, 7) is 8.80. The van der Waals surface area contributed by atoms with E-state index < -0.39 is 5.97 Å². The van der Waals surface area contributed by atoms with Crippen LogP contribution in [-0.2, 0) is 4.74 Å². The molecule has 22 heavy (non-hydrogen) atoms. The van der Waals surface area contributed by atoms with Crippen molar-refractivity contribution in [2.45, 2.75) is 34.6 Å². The summed E-state index contributed by atoms with van der Waals surface area (Å²) in [4.78, 5) is 24.3. The van der Waals surface area contributed by atoms with Gasteiger partial charge in [0.05, 0.1) is 5.69 Å². The zero-order valence-corrected chi connectivity index (χ0v) is 13.4. The predicted octanol–water partition coefficient (Wildman–Crippen LogP) is 3.26. The van der Waals surface area contributed by atoms with Crippen molar-refractivity contribution in [3.63, 3.8) is 0 Å². The van der Waals surface area contributed by atoms with Crippen LogP contribution in [0, 0.1) is 34.6 Å². The first-order chi connectivity index (χ1) is 10.3. The summed E-state index contributed by atoms with van der Waals surface area (Å²) < 4.78 is 10.0. The molecule has 0 saturated heterocycles. The first-order valence-corrected chi connectivity index (χ1v) is 7.02. The quantitative estimate of drug-likeness (QED) is 0.640. The summed E-state index contributed by atoms with van der Waals surface area (Å²) in [5, 5.41) is 3.70. The summed E-state index contributed by atoms with van der Waals surface area (Å²) >= 11 is 0. The first kappa shape index (κ1) is 15.9. The van der Waals surface area contributed by atoms with Gasteiger partial charge in [0.2, 0.25) is 5.78 Å². The van der Waals surface area contributed by atoms with Crippen molar-refractivity contribution in [3.05, 3.63) is 51.4 Å². The smallest absolute Gasteiger partial charge is 0.344 e. The van der Waals surface area contributed by atoms with Gasteiger partial charge in [-0.1, -0.05) is 11.2 Å². The third kappa shape index (κ3) is 3.08. The molecule has 116 valence electrons. The zero-order chi connectivity index (χ0) is 16.4. The van der Waals surface area contributed by atoms with Gasteiger partial charge in [0.25, 0.3) is 0 Å². The molecule has 0 N–H and O–H groups in total. The monoisotopic (exact) mass is 301 g/mol. The van der Waals surface area contributed by atoms with E-state index in [0.29, 0.717) is 17.0 Å². The Morgan fingerprint density at radius 2 is 1.68 bits per heavy atom. The number of carbonyl (C=O) groups excluding carboxylic acids is 2. The van der Waals surface area contributed by atoms with Crippen molar-refractivity contribution < 1.29 is 18.8 Å². The molecule has 1 aromatic carbocycles. The van der Waals surface area contributed by atoms with E-state index in [0.717, 1.165) is 16.7 Å². The number of carbonyl (C=O) groups is 2. The van der Waals surface area contributed by atoms with E-state index in [1.54, 1.807) is 13.8 Å². The van der Waals surface area contributed by atoms with Crippen LogP contribution in [0.25, 0.3) is 0 Å². The Hall–Kier alpha value is -2.43. The Bertz CT molecular complexity index is 724. The summed E-state index contributed by atoms with van der Waals surface area (Å²) in [5.74, 6) is -0.427. The second-order valence-electron chi connectivity index (χ2n) is 5.45. The van der Waals surface area contributed by atoms with E-state index in [1.807, 2.05) is 32.9 Å². The van der Waals surface area contributed by atoms with Gasteiger partial charge in [-0.05, 0) is 57.4 Å². The molecule has 5 nitrogen and oxygen atoms in total. The maximum atomic E-state index is 12.3. The molecule has 0 spiro atoms. The lowest BCUT2D eigenvalue weighted by atomic mass is 9.98. The number of ketones is 1. The van der Waals surface area contributed by atoms with E-state index in [2.05, 4.69) is 5.16 Å². The summed E-state index contributed by atoms with van der Waals surface area (Å²) in [7, 11) is 0. The van der Waals surface area contributed by atoms with Gasteiger partial charge in [-0.25, -0.2) is 4.79 Å². The number of ether oxygens (including phenoxy) is 1. The van der Waals surface area contributed by atoms with E-state index in [1.165, 1.54) is 0 Å². The maximum absolute atomic E-state index is 12.3. The average molecular weight is 301 g/mol. The van der Waals surface area contributed by atoms with Gasteiger partial charge < -0.3 is 9.26 Å². The van der Waals surface area contributed by atoms with Crippen molar-refractivity contribution >= 4 is 11.8 Å². The number of esters is 1. The van der Waals surface area contributed by atoms with Crippen molar-refractivity contribution in [1.82, 2.24) is 5.16 Å². The topological polar surface area (TPSA) is 69.4 Å². The van der Waals surface area contributed by atoms with Crippen molar-refractivity contribution in [2.24, 2.45) is 0 Å². The molecule has 0 aliphatic rings. The number of Topliss-reactive ketones (excluding diaryl/α,β-unsaturated/α-hetero) is 1. The molecule has 0 bridgehead atoms. The van der Waals surface area contributed by atoms with Crippen LogP contribution in [0.5, 0.6) is 0 Å². The number of aryl methyl sites for hydroxylation is 5. The fourth-order valence-electron chi connectivity index (χ4n) is 2.32. The van der Waals surface area contributed by atoms with Crippen LogP contribution in [0.15, 0.2) is 16.7 Å². The number of rotatable bonds is 4. The Kier molecular flexibility index (Phi) is 4.45. The molecular formula is C17H19NO4. The fourth-order valence-corrected chi connectivity index (χ4v) is 2.32. The molecule has 0 fully saturated rings. The third-order valence-electron chi connectivity index (χ3n) is 3.71. The van der Waals surface area contributed by atoms with Crippen LogP contribution in [0.4, 0.5) is 0 Å². The number of aromatic nitrogens is 1. The van der Waals surface area contributed by atoms with Gasteiger partial charge in [0.15, 0.2) is 6.61 Å². The molecule has 5 heteroatoms. The summed E-state index contributed by atoms with van der Waals surface area (Å²) in [6.07, 6.45) is 0. The number of hydrogen-bond donors (Lipinski definition) is 0. The summed E-state index contributed by atoms with van der Waals surface area (Å²) in [5.41, 5.74) is 4.35. The highest BCUT2D eigenvalue weighted by atomic mass is 16.5. The van der Waals surface area contributed by atoms with E-state index >= 15 is 0 Å². The van der Waals surface area contributed by atoms with Crippen LogP contribution in [-0.4, -0.2) is 23.5 Å². The molecule has 0 atom stereocenters. The second kappa shape index (κ2) is 6.13. The SMILES string of the molecule is Cc1cc(C)c(C(=O)COC(=O)c2c(C)noc2C)cc1C. The van der Waals surface area contributed by atoms with E-state index in [-0.39, 0.29) is 18.0 Å². The summed E-state index contributed by atoms with van der Waals surface area (Å²) in [6, 6.07) is 3.79. The molecule has 2 rings (SSSR count). The molecule has 0 radical (unpaired) electrons. The highest BCUT2D eigenvalue weighted by Crippen LogP contribution is 2.17. The lowest BCUT2D eigenvalue weighted by Gasteiger charge is -2.09. The van der Waals surface area contributed by atoms with Crippen LogP contribution in [0.3, 0.4) is 0 Å². The van der Waals surface area contributed by atoms with E-state index in [9.17, 15) is 9.59 Å². The molecule has 1 heterocycles. The van der Waals surface area contributed by atoms with Gasteiger partial charge in [0, 0.05) is 5.56 Å². The Morgan fingerprint density at radius 3 is 2.27 bits per heavy atom. The number of hydrogen-bond acceptors (Lipinski definition) is 5. The standard InChI is InChI=1S/C17H19NO4/c1-9-6-11(3)14(7-10(9)2)15(19)8-21-17(20)16-12(4)18-22-13(16)5/h6-7H,8H2,1-5H3. The Morgan fingerprint density at radius 1 is 1.05 bits per heavy atom. The van der Waals surface area contributed by atoms with Crippen molar-refractivity contribution in [1.29, 1.82) is 0 Å². The van der Waals surface area contributed by atoms with Gasteiger partial charge in [-0.2, -0.15) is 0 Å². The molecule has 0 unspecified atom stereocenters. The maximum Gasteiger partial charge on any atom is 0.344 e. The van der Waals surface area contributed by atoms with E-state index in [4.69, 9.17) is 9.26 Å². The molecule has 0 aliphatic heterocycles. The highest BCUT2D eigenvalue weighted by Gasteiger charge is 2.20. The molecule has 0 aliphatic carbocycles. The lowest BCUT2D eigenvalue weighted by Crippen LogP contribution is -2.16. The third-order valence-corrected chi connectivity index (χ3v) is 3.71. The first-order valence-electron chi connectivity index (χ1n) is 7.02. The Labute approximate surface area is 129 Å². The van der Waals surface area contributed by atoms with Crippen LogP contribution < -0.4 is 0 Å². The van der Waals surface area contributed by atoms with Crippen LogP contribution >= 0.6 is 0 Å². The van der Waals surface area contributed by atoms with Gasteiger partial charge in [-0.15, -0.1) is 0 Å². The Balaban J connectivity index is 2.11. The van der Waals surface area contributed by atoms with Gasteiger partial charge in [-0.3, -0.25) is 4.79 Å². The highest BCUT2D eigenvalue weighted by molar-refractivity contribution is 6.00. The second-order valence-corrected chi connectivity index (χ2v) is 5.45. The minimum atomic E-state index is -0.592. The minimum Gasteiger partial charge on any atom is -0.454 e. The zero-order valence-electron chi connectivity index (χ0n) is 13.4. The number of nitrogens with zero attached hydrogens (tertiary/aromatic N) is 1.